The predicted molar refractivity (Wildman–Crippen MR) is 77.5 cm³/mol. The fourth-order valence-corrected chi connectivity index (χ4v) is 3.90. The number of hydrogen-bond donors (Lipinski definition) is 1. The summed E-state index contributed by atoms with van der Waals surface area (Å²) in [6.07, 6.45) is 11.6. The van der Waals surface area contributed by atoms with E-state index in [9.17, 15) is 0 Å². The minimum absolute atomic E-state index is 0.533. The number of nitrogens with zero attached hydrogens (tertiary/aromatic N) is 4. The van der Waals surface area contributed by atoms with Gasteiger partial charge in [0.05, 0.1) is 5.69 Å². The maximum atomic E-state index is 4.46. The molecule has 2 fully saturated rings. The van der Waals surface area contributed by atoms with Gasteiger partial charge in [0.15, 0.2) is 5.65 Å². The molecule has 0 amide bonds. The molecule has 0 aromatic carbocycles. The van der Waals surface area contributed by atoms with Crippen LogP contribution < -0.4 is 0 Å². The fraction of sp³-hybridized carbons (Fsp3) is 0.667. The molecule has 3 heterocycles. The van der Waals surface area contributed by atoms with Crippen LogP contribution in [0.15, 0.2) is 12.4 Å². The number of hydrogen-bond acceptors (Lipinski definition) is 4. The Morgan fingerprint density at radius 3 is 2.80 bits per heavy atom. The van der Waals surface area contributed by atoms with Crippen molar-refractivity contribution < 1.29 is 0 Å². The molecule has 2 aromatic heterocycles. The first-order chi connectivity index (χ1) is 9.92. The van der Waals surface area contributed by atoms with Crippen molar-refractivity contribution in [1.29, 1.82) is 0 Å². The number of aromatic nitrogens is 4. The Hall–Kier alpha value is -1.49. The van der Waals surface area contributed by atoms with Crippen molar-refractivity contribution >= 4 is 11.2 Å². The molecule has 2 aromatic rings. The molecule has 5 heteroatoms. The van der Waals surface area contributed by atoms with Gasteiger partial charge in [-0.15, -0.1) is 0 Å². The fourth-order valence-electron chi connectivity index (χ4n) is 3.90. The molecule has 1 saturated heterocycles. The van der Waals surface area contributed by atoms with Crippen molar-refractivity contribution in [3.8, 4) is 0 Å². The molecular weight excluding hydrogens is 250 g/mol. The molecule has 1 N–H and O–H groups in total. The van der Waals surface area contributed by atoms with Crippen LogP contribution in [0.25, 0.3) is 11.2 Å². The second-order valence-electron chi connectivity index (χ2n) is 6.14. The quantitative estimate of drug-likeness (QED) is 0.911. The molecule has 1 saturated carbocycles. The highest BCUT2D eigenvalue weighted by Gasteiger charge is 2.30. The van der Waals surface area contributed by atoms with E-state index >= 15 is 0 Å². The third kappa shape index (κ3) is 2.10. The van der Waals surface area contributed by atoms with E-state index in [-0.39, 0.29) is 0 Å². The van der Waals surface area contributed by atoms with E-state index in [4.69, 9.17) is 0 Å². The SMILES string of the molecule is c1cnc2c([C@@H]3CCCN(C4CCCC4)C3)[nH]nc2n1. The summed E-state index contributed by atoms with van der Waals surface area (Å²) in [6, 6.07) is 0.818. The summed E-state index contributed by atoms with van der Waals surface area (Å²) >= 11 is 0. The Balaban J connectivity index is 1.58. The second-order valence-corrected chi connectivity index (χ2v) is 6.14. The van der Waals surface area contributed by atoms with Crippen molar-refractivity contribution in [2.75, 3.05) is 13.1 Å². The molecule has 5 nitrogen and oxygen atoms in total. The van der Waals surface area contributed by atoms with Crippen LogP contribution in [0.4, 0.5) is 0 Å². The van der Waals surface area contributed by atoms with E-state index in [0.717, 1.165) is 23.8 Å². The maximum absolute atomic E-state index is 4.46. The van der Waals surface area contributed by atoms with Gasteiger partial charge >= 0.3 is 0 Å². The van der Waals surface area contributed by atoms with Crippen molar-refractivity contribution in [3.05, 3.63) is 18.1 Å². The van der Waals surface area contributed by atoms with Crippen LogP contribution in [0, 0.1) is 0 Å². The lowest BCUT2D eigenvalue weighted by Gasteiger charge is -2.36. The topological polar surface area (TPSA) is 57.7 Å². The lowest BCUT2D eigenvalue weighted by atomic mass is 9.93. The lowest BCUT2D eigenvalue weighted by Crippen LogP contribution is -2.40. The Kier molecular flexibility index (Phi) is 3.14. The van der Waals surface area contributed by atoms with Gasteiger partial charge in [-0.25, -0.2) is 9.97 Å². The van der Waals surface area contributed by atoms with Gasteiger partial charge < -0.3 is 0 Å². The van der Waals surface area contributed by atoms with Gasteiger partial charge in [0, 0.05) is 30.9 Å². The third-order valence-corrected chi connectivity index (χ3v) is 4.92. The van der Waals surface area contributed by atoms with Gasteiger partial charge in [0.25, 0.3) is 0 Å². The molecule has 0 unspecified atom stereocenters. The van der Waals surface area contributed by atoms with Crippen molar-refractivity contribution in [2.24, 2.45) is 0 Å². The molecule has 20 heavy (non-hydrogen) atoms. The Bertz CT molecular complexity index is 587. The summed E-state index contributed by atoms with van der Waals surface area (Å²) in [4.78, 5) is 11.4. The summed E-state index contributed by atoms with van der Waals surface area (Å²) in [5, 5.41) is 7.49. The molecule has 4 rings (SSSR count). The minimum atomic E-state index is 0.533. The standard InChI is InChI=1S/C15H21N5/c1-2-6-12(5-1)20-9-3-4-11(10-20)13-14-15(19-18-13)17-8-7-16-14/h7-8,11-12H,1-6,9-10H2,(H,17,18,19)/t11-/m1/s1. The summed E-state index contributed by atoms with van der Waals surface area (Å²) in [5.41, 5.74) is 2.90. The summed E-state index contributed by atoms with van der Waals surface area (Å²) in [6.45, 7) is 2.41. The highest BCUT2D eigenvalue weighted by molar-refractivity contribution is 5.72. The summed E-state index contributed by atoms with van der Waals surface area (Å²) in [7, 11) is 0. The number of likely N-dealkylation sites (tertiary alicyclic amines) is 1. The van der Waals surface area contributed by atoms with E-state index in [1.54, 1.807) is 12.4 Å². The maximum Gasteiger partial charge on any atom is 0.199 e. The first-order valence-electron chi connectivity index (χ1n) is 7.81. The normalized spacial score (nSPS) is 25.5. The first-order valence-corrected chi connectivity index (χ1v) is 7.81. The molecule has 106 valence electrons. The van der Waals surface area contributed by atoms with E-state index in [0.29, 0.717) is 5.92 Å². The average molecular weight is 271 g/mol. The molecule has 0 bridgehead atoms. The first kappa shape index (κ1) is 12.3. The van der Waals surface area contributed by atoms with Crippen LogP contribution in [-0.4, -0.2) is 44.2 Å². The zero-order valence-corrected chi connectivity index (χ0v) is 11.8. The minimum Gasteiger partial charge on any atom is -0.300 e. The van der Waals surface area contributed by atoms with E-state index in [1.165, 1.54) is 50.8 Å². The molecule has 2 aliphatic rings. The van der Waals surface area contributed by atoms with Gasteiger partial charge in [-0.2, -0.15) is 5.10 Å². The van der Waals surface area contributed by atoms with Gasteiger partial charge in [-0.05, 0) is 32.2 Å². The molecule has 0 radical (unpaired) electrons. The molecule has 1 aliphatic heterocycles. The number of H-pyrrole nitrogens is 1. The van der Waals surface area contributed by atoms with Gasteiger partial charge in [0.1, 0.15) is 5.52 Å². The average Bonchev–Trinajstić information content (AvgIpc) is 3.17. The highest BCUT2D eigenvalue weighted by atomic mass is 15.2. The van der Waals surface area contributed by atoms with Crippen LogP contribution in [0.3, 0.4) is 0 Å². The lowest BCUT2D eigenvalue weighted by molar-refractivity contribution is 0.149. The smallest absolute Gasteiger partial charge is 0.199 e. The molecule has 1 atom stereocenters. The van der Waals surface area contributed by atoms with E-state index < -0.39 is 0 Å². The predicted octanol–water partition coefficient (Wildman–Crippen LogP) is 2.47. The van der Waals surface area contributed by atoms with Crippen LogP contribution in [0.2, 0.25) is 0 Å². The van der Waals surface area contributed by atoms with Crippen LogP contribution in [0.5, 0.6) is 0 Å². The molecular formula is C15H21N5. The zero-order valence-electron chi connectivity index (χ0n) is 11.8. The summed E-state index contributed by atoms with van der Waals surface area (Å²) in [5.74, 6) is 0.533. The summed E-state index contributed by atoms with van der Waals surface area (Å²) < 4.78 is 0. The monoisotopic (exact) mass is 271 g/mol. The van der Waals surface area contributed by atoms with Crippen molar-refractivity contribution in [3.63, 3.8) is 0 Å². The number of rotatable bonds is 2. The van der Waals surface area contributed by atoms with Gasteiger partial charge in [0.2, 0.25) is 0 Å². The molecule has 0 spiro atoms. The number of aromatic amines is 1. The third-order valence-electron chi connectivity index (χ3n) is 4.92. The van der Waals surface area contributed by atoms with E-state index in [1.807, 2.05) is 0 Å². The van der Waals surface area contributed by atoms with Crippen molar-refractivity contribution in [1.82, 2.24) is 25.1 Å². The highest BCUT2D eigenvalue weighted by Crippen LogP contribution is 2.33. The van der Waals surface area contributed by atoms with E-state index in [2.05, 4.69) is 25.1 Å². The Labute approximate surface area is 118 Å². The number of nitrogens with one attached hydrogen (secondary N) is 1. The van der Waals surface area contributed by atoms with Crippen LogP contribution in [-0.2, 0) is 0 Å². The zero-order chi connectivity index (χ0) is 13.4. The number of fused-ring (bicyclic) bond motifs is 1. The van der Waals surface area contributed by atoms with Crippen LogP contribution in [0.1, 0.15) is 50.1 Å². The van der Waals surface area contributed by atoms with Gasteiger partial charge in [-0.1, -0.05) is 12.8 Å². The largest absolute Gasteiger partial charge is 0.300 e. The Morgan fingerprint density at radius 2 is 1.90 bits per heavy atom. The van der Waals surface area contributed by atoms with Gasteiger partial charge in [-0.3, -0.25) is 10.00 Å². The second kappa shape index (κ2) is 5.13. The Morgan fingerprint density at radius 1 is 1.05 bits per heavy atom. The van der Waals surface area contributed by atoms with Crippen molar-refractivity contribution in [2.45, 2.75) is 50.5 Å². The van der Waals surface area contributed by atoms with Crippen LogP contribution >= 0.6 is 0 Å². The molecule has 1 aliphatic carbocycles. The number of piperidine rings is 1.